The lowest BCUT2D eigenvalue weighted by atomic mass is 10.2. The molecule has 12 heavy (non-hydrogen) atoms. The molecule has 3 N–H and O–H groups in total. The lowest BCUT2D eigenvalue weighted by Gasteiger charge is -2.03. The fourth-order valence-corrected chi connectivity index (χ4v) is 1.37. The second-order valence-corrected chi connectivity index (χ2v) is 3.36. The van der Waals surface area contributed by atoms with Crippen molar-refractivity contribution in [3.8, 4) is 0 Å². The van der Waals surface area contributed by atoms with E-state index in [4.69, 9.17) is 22.4 Å². The average Bonchev–Trinajstić information content (AvgIpc) is 1.97. The van der Waals surface area contributed by atoms with Gasteiger partial charge in [-0.1, -0.05) is 11.6 Å². The highest BCUT2D eigenvalue weighted by molar-refractivity contribution is 9.10. The number of hydrogen-bond donors (Lipinski definition) is 2. The highest BCUT2D eigenvalue weighted by atomic mass is 79.9. The molecular weight excluding hydrogens is 245 g/mol. The summed E-state index contributed by atoms with van der Waals surface area (Å²) in [6, 6.07) is 3.09. The molecule has 0 atom stereocenters. The number of halogens is 2. The quantitative estimate of drug-likeness (QED) is 0.752. The van der Waals surface area contributed by atoms with Gasteiger partial charge in [0.2, 0.25) is 0 Å². The topological polar surface area (TPSA) is 63.3 Å². The van der Waals surface area contributed by atoms with E-state index in [0.29, 0.717) is 4.47 Å². The lowest BCUT2D eigenvalue weighted by molar-refractivity contribution is 0.0698. The van der Waals surface area contributed by atoms with Crippen molar-refractivity contribution in [1.29, 1.82) is 0 Å². The van der Waals surface area contributed by atoms with Crippen LogP contribution in [0.3, 0.4) is 0 Å². The summed E-state index contributed by atoms with van der Waals surface area (Å²) in [5, 5.41) is 8.81. The third kappa shape index (κ3) is 1.54. The fourth-order valence-electron chi connectivity index (χ4n) is 0.783. The lowest BCUT2D eigenvalue weighted by Crippen LogP contribution is -2.03. The van der Waals surface area contributed by atoms with E-state index in [2.05, 4.69) is 15.9 Å². The molecule has 5 heteroatoms. The molecule has 64 valence electrons. The van der Waals surface area contributed by atoms with Gasteiger partial charge in [-0.2, -0.15) is 0 Å². The molecule has 0 heterocycles. The standard InChI is InChI=1S/C7H5BrClNO2/c8-3-1-2-4(10)5(6(3)9)7(11)12/h1-2H,10H2,(H,11,12). The zero-order chi connectivity index (χ0) is 9.30. The number of carboxylic acids is 1. The van der Waals surface area contributed by atoms with E-state index in [0.717, 1.165) is 0 Å². The van der Waals surface area contributed by atoms with Gasteiger partial charge in [-0.05, 0) is 28.1 Å². The van der Waals surface area contributed by atoms with Gasteiger partial charge in [-0.3, -0.25) is 0 Å². The van der Waals surface area contributed by atoms with Crippen LogP contribution in [0.1, 0.15) is 10.4 Å². The smallest absolute Gasteiger partial charge is 0.339 e. The SMILES string of the molecule is Nc1ccc(Br)c(Cl)c1C(=O)O. The van der Waals surface area contributed by atoms with Gasteiger partial charge in [0, 0.05) is 10.2 Å². The molecule has 0 aliphatic heterocycles. The van der Waals surface area contributed by atoms with Crippen molar-refractivity contribution >= 4 is 39.2 Å². The first-order chi connectivity index (χ1) is 5.54. The molecule has 0 aromatic heterocycles. The molecule has 0 spiro atoms. The highest BCUT2D eigenvalue weighted by Crippen LogP contribution is 2.30. The van der Waals surface area contributed by atoms with Crippen LogP contribution >= 0.6 is 27.5 Å². The third-order valence-corrected chi connectivity index (χ3v) is 2.62. The first-order valence-corrected chi connectivity index (χ1v) is 4.18. The molecule has 0 aliphatic carbocycles. The van der Waals surface area contributed by atoms with Crippen molar-refractivity contribution in [3.63, 3.8) is 0 Å². The Morgan fingerprint density at radius 1 is 1.58 bits per heavy atom. The van der Waals surface area contributed by atoms with Gasteiger partial charge in [0.05, 0.1) is 5.02 Å². The van der Waals surface area contributed by atoms with Crippen molar-refractivity contribution in [3.05, 3.63) is 27.2 Å². The van der Waals surface area contributed by atoms with E-state index in [1.807, 2.05) is 0 Å². The molecule has 0 fully saturated rings. The van der Waals surface area contributed by atoms with Gasteiger partial charge in [0.25, 0.3) is 0 Å². The normalized spacial score (nSPS) is 9.83. The van der Waals surface area contributed by atoms with E-state index >= 15 is 0 Å². The molecule has 0 amide bonds. The van der Waals surface area contributed by atoms with E-state index in [-0.39, 0.29) is 16.3 Å². The maximum Gasteiger partial charge on any atom is 0.339 e. The number of benzene rings is 1. The zero-order valence-corrected chi connectivity index (χ0v) is 8.19. The van der Waals surface area contributed by atoms with Crippen LogP contribution in [-0.4, -0.2) is 11.1 Å². The average molecular weight is 250 g/mol. The minimum atomic E-state index is -1.13. The van der Waals surface area contributed by atoms with Crippen LogP contribution in [-0.2, 0) is 0 Å². The van der Waals surface area contributed by atoms with Crippen LogP contribution in [0, 0.1) is 0 Å². The molecule has 0 bridgehead atoms. The van der Waals surface area contributed by atoms with Crippen LogP contribution in [0.2, 0.25) is 5.02 Å². The first kappa shape index (κ1) is 9.35. The number of anilines is 1. The largest absolute Gasteiger partial charge is 0.478 e. The van der Waals surface area contributed by atoms with Gasteiger partial charge in [0.15, 0.2) is 0 Å². The molecule has 0 radical (unpaired) electrons. The van der Waals surface area contributed by atoms with E-state index in [9.17, 15) is 4.79 Å². The fraction of sp³-hybridized carbons (Fsp3) is 0. The van der Waals surface area contributed by atoms with Crippen molar-refractivity contribution in [1.82, 2.24) is 0 Å². The first-order valence-electron chi connectivity index (χ1n) is 3.01. The third-order valence-electron chi connectivity index (χ3n) is 1.34. The number of nitrogen functional groups attached to an aromatic ring is 1. The zero-order valence-electron chi connectivity index (χ0n) is 5.84. The van der Waals surface area contributed by atoms with Crippen molar-refractivity contribution in [2.24, 2.45) is 0 Å². The number of aromatic carboxylic acids is 1. The number of rotatable bonds is 1. The van der Waals surface area contributed by atoms with Crippen LogP contribution in [0.25, 0.3) is 0 Å². The Balaban J connectivity index is 3.43. The summed E-state index contributed by atoms with van der Waals surface area (Å²) in [7, 11) is 0. The summed E-state index contributed by atoms with van der Waals surface area (Å²) in [6.45, 7) is 0. The van der Waals surface area contributed by atoms with E-state index in [1.165, 1.54) is 6.07 Å². The van der Waals surface area contributed by atoms with E-state index in [1.54, 1.807) is 6.07 Å². The molecule has 0 saturated heterocycles. The van der Waals surface area contributed by atoms with Crippen molar-refractivity contribution < 1.29 is 9.90 Å². The number of hydrogen-bond acceptors (Lipinski definition) is 2. The molecule has 0 aliphatic rings. The number of carbonyl (C=O) groups is 1. The van der Waals surface area contributed by atoms with Gasteiger partial charge in [-0.25, -0.2) is 4.79 Å². The predicted molar refractivity (Wildman–Crippen MR) is 50.5 cm³/mol. The summed E-state index contributed by atoms with van der Waals surface area (Å²) < 4.78 is 0.524. The van der Waals surface area contributed by atoms with Crippen LogP contribution in [0.5, 0.6) is 0 Å². The number of nitrogens with two attached hydrogens (primary N) is 1. The predicted octanol–water partition coefficient (Wildman–Crippen LogP) is 2.38. The Kier molecular flexibility index (Phi) is 2.59. The number of carboxylic acid groups (broad SMARTS) is 1. The minimum absolute atomic E-state index is 0.0639. The van der Waals surface area contributed by atoms with Gasteiger partial charge >= 0.3 is 5.97 Å². The Bertz CT molecular complexity index is 340. The monoisotopic (exact) mass is 249 g/mol. The Labute approximate surface area is 82.3 Å². The summed E-state index contributed by atoms with van der Waals surface area (Å²) in [4.78, 5) is 10.6. The Morgan fingerprint density at radius 2 is 2.17 bits per heavy atom. The van der Waals surface area contributed by atoms with Crippen LogP contribution < -0.4 is 5.73 Å². The molecule has 0 saturated carbocycles. The molecular formula is C7H5BrClNO2. The van der Waals surface area contributed by atoms with Crippen LogP contribution in [0.4, 0.5) is 5.69 Å². The second kappa shape index (κ2) is 3.33. The summed E-state index contributed by atoms with van der Waals surface area (Å²) in [6.07, 6.45) is 0. The maximum atomic E-state index is 10.6. The second-order valence-electron chi connectivity index (χ2n) is 2.13. The summed E-state index contributed by atoms with van der Waals surface area (Å²) in [5.41, 5.74) is 5.50. The van der Waals surface area contributed by atoms with Gasteiger partial charge < -0.3 is 10.8 Å². The molecule has 1 aromatic carbocycles. The summed E-state index contributed by atoms with van der Waals surface area (Å²) >= 11 is 8.78. The van der Waals surface area contributed by atoms with Gasteiger partial charge in [0.1, 0.15) is 5.56 Å². The minimum Gasteiger partial charge on any atom is -0.478 e. The molecule has 0 unspecified atom stereocenters. The maximum absolute atomic E-state index is 10.6. The van der Waals surface area contributed by atoms with Gasteiger partial charge in [-0.15, -0.1) is 0 Å². The summed E-state index contributed by atoms with van der Waals surface area (Å²) in [5.74, 6) is -1.13. The van der Waals surface area contributed by atoms with Crippen molar-refractivity contribution in [2.75, 3.05) is 5.73 Å². The molecule has 1 rings (SSSR count). The molecule has 1 aromatic rings. The van der Waals surface area contributed by atoms with Crippen molar-refractivity contribution in [2.45, 2.75) is 0 Å². The van der Waals surface area contributed by atoms with Crippen LogP contribution in [0.15, 0.2) is 16.6 Å². The highest BCUT2D eigenvalue weighted by Gasteiger charge is 2.14. The molecule has 3 nitrogen and oxygen atoms in total. The Morgan fingerprint density at radius 3 is 2.58 bits per heavy atom. The van der Waals surface area contributed by atoms with E-state index < -0.39 is 5.97 Å². The Hall–Kier alpha value is -0.740.